The van der Waals surface area contributed by atoms with E-state index in [1.165, 1.54) is 30.2 Å². The van der Waals surface area contributed by atoms with Gasteiger partial charge in [0.05, 0.1) is 32.6 Å². The fourth-order valence-corrected chi connectivity index (χ4v) is 8.72. The Morgan fingerprint density at radius 1 is 1.09 bits per heavy atom. The fraction of sp³-hybridized carbons (Fsp3) is 0.577. The summed E-state index contributed by atoms with van der Waals surface area (Å²) in [5, 5.41) is 3.45. The lowest BCUT2D eigenvalue weighted by Crippen LogP contribution is -2.41. The van der Waals surface area contributed by atoms with E-state index in [2.05, 4.69) is 9.88 Å². The molecular formula is C26H32FN3O2S. The van der Waals surface area contributed by atoms with Crippen molar-refractivity contribution in [3.8, 4) is 5.69 Å². The zero-order valence-electron chi connectivity index (χ0n) is 19.1. The molecule has 7 heteroatoms. The van der Waals surface area contributed by atoms with E-state index in [4.69, 9.17) is 5.73 Å². The molecule has 5 nitrogen and oxygen atoms in total. The number of fused-ring (bicyclic) bond motifs is 3. The zero-order valence-corrected chi connectivity index (χ0v) is 19.9. The number of rotatable bonds is 4. The summed E-state index contributed by atoms with van der Waals surface area (Å²) in [4.78, 5) is 13.2. The van der Waals surface area contributed by atoms with Crippen molar-refractivity contribution >= 4 is 22.4 Å². The highest BCUT2D eigenvalue weighted by Gasteiger charge is 2.46. The van der Waals surface area contributed by atoms with Gasteiger partial charge in [-0.1, -0.05) is 25.7 Å². The number of hydrogen-bond acceptors (Lipinski definition) is 3. The minimum Gasteiger partial charge on any atom is -0.382 e. The Labute approximate surface area is 196 Å². The Bertz CT molecular complexity index is 1160. The summed E-state index contributed by atoms with van der Waals surface area (Å²) in [5.41, 5.74) is 10.4. The van der Waals surface area contributed by atoms with Gasteiger partial charge < -0.3 is 15.6 Å². The number of nitrogens with two attached hydrogens (primary N) is 1. The van der Waals surface area contributed by atoms with E-state index in [9.17, 15) is 9.00 Å². The first-order valence-corrected chi connectivity index (χ1v) is 13.8. The van der Waals surface area contributed by atoms with Gasteiger partial charge in [0.2, 0.25) is 0 Å². The number of primary amides is 1. The summed E-state index contributed by atoms with van der Waals surface area (Å²) in [7, 11) is -1.00. The Balaban J connectivity index is 1.49. The van der Waals surface area contributed by atoms with Crippen molar-refractivity contribution < 1.29 is 13.4 Å². The lowest BCUT2D eigenvalue weighted by Gasteiger charge is -2.44. The Kier molecular flexibility index (Phi) is 5.16. The molecule has 0 saturated heterocycles. The van der Waals surface area contributed by atoms with E-state index in [0.717, 1.165) is 86.2 Å². The van der Waals surface area contributed by atoms with E-state index in [-0.39, 0.29) is 17.0 Å². The number of carbonyl (C=O) groups excluding carboxylic acids is 1. The van der Waals surface area contributed by atoms with Crippen LogP contribution < -0.4 is 11.1 Å². The summed E-state index contributed by atoms with van der Waals surface area (Å²) in [6.07, 6.45) is 12.8. The van der Waals surface area contributed by atoms with Crippen LogP contribution in [0.1, 0.15) is 85.1 Å². The van der Waals surface area contributed by atoms with Crippen LogP contribution in [0, 0.1) is 11.2 Å². The van der Waals surface area contributed by atoms with Crippen LogP contribution in [-0.4, -0.2) is 26.5 Å². The monoisotopic (exact) mass is 469 g/mol. The molecule has 1 aliphatic heterocycles. The maximum absolute atomic E-state index is 15.4. The van der Waals surface area contributed by atoms with Crippen molar-refractivity contribution in [1.82, 2.24) is 4.57 Å². The van der Waals surface area contributed by atoms with Crippen LogP contribution in [0.5, 0.6) is 0 Å². The molecule has 2 aromatic rings. The second-order valence-corrected chi connectivity index (χ2v) is 12.0. The van der Waals surface area contributed by atoms with E-state index >= 15 is 4.39 Å². The number of hydrogen-bond donors (Lipinski definition) is 2. The highest BCUT2D eigenvalue weighted by molar-refractivity contribution is 7.85. The number of nitrogens with one attached hydrogen (secondary N) is 1. The third kappa shape index (κ3) is 3.46. The summed E-state index contributed by atoms with van der Waals surface area (Å²) in [6, 6.07) is 3.58. The lowest BCUT2D eigenvalue weighted by atomic mass is 9.67. The highest BCUT2D eigenvalue weighted by atomic mass is 32.2. The standard InChI is InChI=1S/C26H32FN3O2S/c27-19-12-17(13-20(23(19)25(28)31)29-16-6-2-1-3-7-16)30-21-9-4-8-18(21)24-22(30)14-26(10-5-11-26)15-33(24)32/h12-13,16,29H,1-11,14-15H2,(H2,28,31). The van der Waals surface area contributed by atoms with Crippen molar-refractivity contribution in [1.29, 1.82) is 0 Å². The predicted molar refractivity (Wildman–Crippen MR) is 128 cm³/mol. The quantitative estimate of drug-likeness (QED) is 0.676. The van der Waals surface area contributed by atoms with Gasteiger partial charge in [-0.3, -0.25) is 9.00 Å². The Hall–Kier alpha value is -2.15. The molecule has 3 N–H and O–H groups in total. The maximum Gasteiger partial charge on any atom is 0.253 e. The molecule has 2 heterocycles. The van der Waals surface area contributed by atoms with Crippen LogP contribution >= 0.6 is 0 Å². The molecule has 2 fully saturated rings. The topological polar surface area (TPSA) is 77.1 Å². The molecule has 0 radical (unpaired) electrons. The van der Waals surface area contributed by atoms with Crippen molar-refractivity contribution in [2.45, 2.75) is 88.0 Å². The Morgan fingerprint density at radius 2 is 1.88 bits per heavy atom. The fourth-order valence-electron chi connectivity index (χ4n) is 6.70. The number of aromatic nitrogens is 1. The van der Waals surface area contributed by atoms with Gasteiger partial charge in [0.1, 0.15) is 5.82 Å². The number of carbonyl (C=O) groups is 1. The molecular weight excluding hydrogens is 437 g/mol. The number of halogens is 1. The molecule has 1 aromatic carbocycles. The zero-order chi connectivity index (χ0) is 22.7. The maximum atomic E-state index is 15.4. The highest BCUT2D eigenvalue weighted by Crippen LogP contribution is 2.51. The van der Waals surface area contributed by atoms with E-state index in [0.29, 0.717) is 5.69 Å². The van der Waals surface area contributed by atoms with Crippen molar-refractivity contribution in [2.24, 2.45) is 11.1 Å². The van der Waals surface area contributed by atoms with Gasteiger partial charge in [-0.25, -0.2) is 4.39 Å². The summed E-state index contributed by atoms with van der Waals surface area (Å²) in [5.74, 6) is -0.561. The van der Waals surface area contributed by atoms with Crippen LogP contribution in [-0.2, 0) is 30.1 Å². The van der Waals surface area contributed by atoms with Gasteiger partial charge >= 0.3 is 0 Å². The first kappa shape index (κ1) is 21.4. The van der Waals surface area contributed by atoms with Crippen LogP contribution in [0.25, 0.3) is 5.69 Å². The SMILES string of the molecule is NC(=O)c1c(F)cc(-n2c3c(c4c2CC2(CCC2)CS4=O)CCC3)cc1NC1CCCCC1. The van der Waals surface area contributed by atoms with Crippen LogP contribution in [0.4, 0.5) is 10.1 Å². The van der Waals surface area contributed by atoms with Gasteiger partial charge in [-0.2, -0.15) is 0 Å². The van der Waals surface area contributed by atoms with Gasteiger partial charge in [0.15, 0.2) is 0 Å². The average Bonchev–Trinajstić information content (AvgIpc) is 3.32. The normalized spacial score (nSPS) is 23.7. The van der Waals surface area contributed by atoms with Crippen molar-refractivity contribution in [3.63, 3.8) is 0 Å². The molecule has 1 aromatic heterocycles. The molecule has 1 atom stereocenters. The number of benzene rings is 1. The number of amides is 1. The van der Waals surface area contributed by atoms with E-state index in [1.54, 1.807) is 0 Å². The lowest BCUT2D eigenvalue weighted by molar-refractivity contribution is 0.0997. The van der Waals surface area contributed by atoms with Crippen LogP contribution in [0.15, 0.2) is 17.0 Å². The van der Waals surface area contributed by atoms with Crippen molar-refractivity contribution in [2.75, 3.05) is 11.1 Å². The molecule has 2 saturated carbocycles. The first-order chi connectivity index (χ1) is 16.0. The predicted octanol–water partition coefficient (Wildman–Crippen LogP) is 4.78. The van der Waals surface area contributed by atoms with Gasteiger partial charge in [-0.05, 0) is 74.5 Å². The minimum atomic E-state index is -1.00. The Morgan fingerprint density at radius 3 is 2.58 bits per heavy atom. The molecule has 1 amide bonds. The minimum absolute atomic E-state index is 0.0546. The molecule has 6 rings (SSSR count). The van der Waals surface area contributed by atoms with Gasteiger partial charge in [0.25, 0.3) is 5.91 Å². The molecule has 33 heavy (non-hydrogen) atoms. The molecule has 1 unspecified atom stereocenters. The van der Waals surface area contributed by atoms with E-state index in [1.807, 2.05) is 6.07 Å². The summed E-state index contributed by atoms with van der Waals surface area (Å²) < 4.78 is 31.0. The smallest absolute Gasteiger partial charge is 0.253 e. The third-order valence-corrected chi connectivity index (χ3v) is 10.2. The average molecular weight is 470 g/mol. The molecule has 1 spiro atoms. The number of anilines is 1. The first-order valence-electron chi connectivity index (χ1n) is 12.5. The molecule has 4 aliphatic rings. The second-order valence-electron chi connectivity index (χ2n) is 10.6. The summed E-state index contributed by atoms with van der Waals surface area (Å²) >= 11 is 0. The number of nitrogens with zero attached hydrogens (tertiary/aromatic N) is 1. The molecule has 3 aliphatic carbocycles. The van der Waals surface area contributed by atoms with Crippen molar-refractivity contribution in [3.05, 3.63) is 40.5 Å². The van der Waals surface area contributed by atoms with E-state index < -0.39 is 22.5 Å². The second kappa shape index (κ2) is 7.97. The third-order valence-electron chi connectivity index (χ3n) is 8.43. The summed E-state index contributed by atoms with van der Waals surface area (Å²) in [6.45, 7) is 0. The van der Waals surface area contributed by atoms with Crippen LogP contribution in [0.2, 0.25) is 0 Å². The molecule has 176 valence electrons. The largest absolute Gasteiger partial charge is 0.382 e. The van der Waals surface area contributed by atoms with Gasteiger partial charge in [0, 0.05) is 23.2 Å². The molecule has 0 bridgehead atoms. The van der Waals surface area contributed by atoms with Crippen LogP contribution in [0.3, 0.4) is 0 Å². The van der Waals surface area contributed by atoms with Gasteiger partial charge in [-0.15, -0.1) is 0 Å².